The summed E-state index contributed by atoms with van der Waals surface area (Å²) in [6.07, 6.45) is 0.660. The number of H-pyrrole nitrogens is 2. The molecule has 25 heavy (non-hydrogen) atoms. The third kappa shape index (κ3) is 2.98. The zero-order valence-corrected chi connectivity index (χ0v) is 13.7. The molecule has 3 heterocycles. The van der Waals surface area contributed by atoms with Crippen LogP contribution in [0.2, 0.25) is 0 Å². The molecule has 1 aliphatic rings. The van der Waals surface area contributed by atoms with Crippen LogP contribution >= 0.6 is 0 Å². The van der Waals surface area contributed by atoms with Gasteiger partial charge in [0.2, 0.25) is 11.8 Å². The van der Waals surface area contributed by atoms with Crippen LogP contribution in [0.1, 0.15) is 13.3 Å². The molecule has 4 rings (SSSR count). The van der Waals surface area contributed by atoms with Gasteiger partial charge in [-0.05, 0) is 17.5 Å². The number of aromatic nitrogens is 4. The first-order valence-electron chi connectivity index (χ1n) is 8.07. The van der Waals surface area contributed by atoms with Gasteiger partial charge in [0.25, 0.3) is 0 Å². The number of carbonyl (C=O) groups excluding carboxylic acids is 1. The summed E-state index contributed by atoms with van der Waals surface area (Å²) >= 11 is 0. The Bertz CT molecular complexity index is 993. The molecule has 8 nitrogen and oxygen atoms in total. The molecule has 1 aromatic carbocycles. The van der Waals surface area contributed by atoms with Gasteiger partial charge in [0.05, 0.1) is 6.54 Å². The normalized spacial score (nSPS) is 17.2. The first-order valence-corrected chi connectivity index (χ1v) is 8.07. The van der Waals surface area contributed by atoms with Crippen LogP contribution < -0.4 is 10.4 Å². The van der Waals surface area contributed by atoms with Gasteiger partial charge in [-0.1, -0.05) is 18.2 Å². The van der Waals surface area contributed by atoms with E-state index in [0.717, 1.165) is 17.2 Å². The maximum absolute atomic E-state index is 11.5. The van der Waals surface area contributed by atoms with Gasteiger partial charge >= 0.3 is 5.69 Å². The summed E-state index contributed by atoms with van der Waals surface area (Å²) in [5.41, 5.74) is 0.133. The predicted octanol–water partition coefficient (Wildman–Crippen LogP) is 1.31. The number of likely N-dealkylation sites (tertiary alicyclic amines) is 1. The predicted molar refractivity (Wildman–Crippen MR) is 91.2 cm³/mol. The topological polar surface area (TPSA) is 104 Å². The summed E-state index contributed by atoms with van der Waals surface area (Å²) in [7, 11) is 0. The minimum absolute atomic E-state index is 0.0479. The zero-order valence-electron chi connectivity index (χ0n) is 13.7. The molecular weight excluding hydrogens is 322 g/mol. The highest BCUT2D eigenvalue weighted by Crippen LogP contribution is 2.29. The molecule has 3 aromatic rings. The van der Waals surface area contributed by atoms with Crippen LogP contribution in [0.3, 0.4) is 0 Å². The number of ether oxygens (including phenoxy) is 1. The van der Waals surface area contributed by atoms with E-state index in [4.69, 9.17) is 4.74 Å². The number of nitrogens with zero attached hydrogens (tertiary/aromatic N) is 3. The summed E-state index contributed by atoms with van der Waals surface area (Å²) < 4.78 is 6.10. The molecule has 2 aromatic heterocycles. The Balaban J connectivity index is 1.72. The van der Waals surface area contributed by atoms with Crippen molar-refractivity contribution in [3.05, 3.63) is 40.8 Å². The Morgan fingerprint density at radius 2 is 2.20 bits per heavy atom. The van der Waals surface area contributed by atoms with E-state index in [-0.39, 0.29) is 17.7 Å². The SMILES string of the molecule is CC(=O)N1CCC(Oc2nc(-c3n[nH]c(=O)[nH]3)cc3ccccc23)C1. The molecule has 0 radical (unpaired) electrons. The van der Waals surface area contributed by atoms with Gasteiger partial charge in [0.15, 0.2) is 5.82 Å². The van der Waals surface area contributed by atoms with E-state index in [1.807, 2.05) is 30.3 Å². The van der Waals surface area contributed by atoms with Crippen LogP contribution in [0.25, 0.3) is 22.3 Å². The molecule has 1 fully saturated rings. The quantitative estimate of drug-likeness (QED) is 0.749. The lowest BCUT2D eigenvalue weighted by atomic mass is 10.1. The van der Waals surface area contributed by atoms with Gasteiger partial charge in [-0.2, -0.15) is 5.10 Å². The maximum atomic E-state index is 11.5. The first kappa shape index (κ1) is 15.4. The van der Waals surface area contributed by atoms with Crippen LogP contribution in [0, 0.1) is 0 Å². The fourth-order valence-electron chi connectivity index (χ4n) is 3.04. The molecule has 0 bridgehead atoms. The van der Waals surface area contributed by atoms with E-state index in [1.165, 1.54) is 0 Å². The van der Waals surface area contributed by atoms with Crippen LogP contribution in [-0.2, 0) is 4.79 Å². The smallest absolute Gasteiger partial charge is 0.340 e. The second kappa shape index (κ2) is 6.04. The van der Waals surface area contributed by atoms with E-state index < -0.39 is 0 Å². The number of amides is 1. The second-order valence-corrected chi connectivity index (χ2v) is 6.05. The lowest BCUT2D eigenvalue weighted by Gasteiger charge is -2.16. The van der Waals surface area contributed by atoms with Gasteiger partial charge in [-0.15, -0.1) is 0 Å². The van der Waals surface area contributed by atoms with Crippen molar-refractivity contribution >= 4 is 16.7 Å². The first-order chi connectivity index (χ1) is 12.1. The Morgan fingerprint density at radius 1 is 1.36 bits per heavy atom. The lowest BCUT2D eigenvalue weighted by Crippen LogP contribution is -2.28. The highest BCUT2D eigenvalue weighted by molar-refractivity contribution is 5.89. The standard InChI is InChI=1S/C17H17N5O3/c1-10(23)22-7-6-12(9-22)25-16-13-5-3-2-4-11(13)8-14(18-16)15-19-17(24)21-20-15/h2-5,8,12H,6-7,9H2,1H3,(H2,19,20,21,24). The van der Waals surface area contributed by atoms with Crippen molar-refractivity contribution in [2.75, 3.05) is 13.1 Å². The number of nitrogens with one attached hydrogen (secondary N) is 2. The third-order valence-electron chi connectivity index (χ3n) is 4.32. The number of hydrogen-bond donors (Lipinski definition) is 2. The number of benzene rings is 1. The summed E-state index contributed by atoms with van der Waals surface area (Å²) in [5, 5.41) is 8.09. The Labute approximate surface area is 142 Å². The van der Waals surface area contributed by atoms with Crippen molar-refractivity contribution in [3.8, 4) is 17.4 Å². The third-order valence-corrected chi connectivity index (χ3v) is 4.32. The van der Waals surface area contributed by atoms with E-state index in [0.29, 0.717) is 30.5 Å². The minimum Gasteiger partial charge on any atom is -0.472 e. The summed E-state index contributed by atoms with van der Waals surface area (Å²) in [5.74, 6) is 0.886. The fraction of sp³-hybridized carbons (Fsp3) is 0.294. The fourth-order valence-corrected chi connectivity index (χ4v) is 3.04. The molecule has 1 atom stereocenters. The number of fused-ring (bicyclic) bond motifs is 1. The summed E-state index contributed by atoms with van der Waals surface area (Å²) in [6, 6.07) is 9.59. The molecule has 0 saturated carbocycles. The monoisotopic (exact) mass is 339 g/mol. The summed E-state index contributed by atoms with van der Waals surface area (Å²) in [4.78, 5) is 31.7. The molecule has 1 aliphatic heterocycles. The number of hydrogen-bond acceptors (Lipinski definition) is 5. The van der Waals surface area contributed by atoms with Crippen LogP contribution in [-0.4, -0.2) is 50.2 Å². The van der Waals surface area contributed by atoms with Crippen molar-refractivity contribution in [2.24, 2.45) is 0 Å². The Kier molecular flexibility index (Phi) is 3.72. The summed E-state index contributed by atoms with van der Waals surface area (Å²) in [6.45, 7) is 2.80. The molecule has 8 heteroatoms. The highest BCUT2D eigenvalue weighted by atomic mass is 16.5. The van der Waals surface area contributed by atoms with Crippen LogP contribution in [0.4, 0.5) is 0 Å². The average Bonchev–Trinajstić information content (AvgIpc) is 3.24. The van der Waals surface area contributed by atoms with Crippen LogP contribution in [0.5, 0.6) is 5.88 Å². The van der Waals surface area contributed by atoms with Gasteiger partial charge in [-0.25, -0.2) is 14.9 Å². The van der Waals surface area contributed by atoms with E-state index in [2.05, 4.69) is 20.2 Å². The van der Waals surface area contributed by atoms with Gasteiger partial charge in [-0.3, -0.25) is 9.78 Å². The van der Waals surface area contributed by atoms with Crippen molar-refractivity contribution in [2.45, 2.75) is 19.4 Å². The number of rotatable bonds is 3. The van der Waals surface area contributed by atoms with Crippen LogP contribution in [0.15, 0.2) is 35.1 Å². The zero-order chi connectivity index (χ0) is 17.4. The van der Waals surface area contributed by atoms with Gasteiger partial charge < -0.3 is 9.64 Å². The molecule has 1 saturated heterocycles. The molecule has 0 spiro atoms. The van der Waals surface area contributed by atoms with E-state index >= 15 is 0 Å². The highest BCUT2D eigenvalue weighted by Gasteiger charge is 2.26. The molecule has 1 amide bonds. The van der Waals surface area contributed by atoms with Gasteiger partial charge in [0.1, 0.15) is 11.8 Å². The molecule has 2 N–H and O–H groups in total. The molecule has 1 unspecified atom stereocenters. The molecule has 0 aliphatic carbocycles. The van der Waals surface area contributed by atoms with Crippen molar-refractivity contribution in [3.63, 3.8) is 0 Å². The van der Waals surface area contributed by atoms with E-state index in [1.54, 1.807) is 11.8 Å². The average molecular weight is 339 g/mol. The van der Waals surface area contributed by atoms with E-state index in [9.17, 15) is 9.59 Å². The second-order valence-electron chi connectivity index (χ2n) is 6.05. The number of carbonyl (C=O) groups is 1. The van der Waals surface area contributed by atoms with Crippen molar-refractivity contribution < 1.29 is 9.53 Å². The number of pyridine rings is 1. The Hall–Kier alpha value is -3.16. The van der Waals surface area contributed by atoms with Gasteiger partial charge in [0, 0.05) is 25.3 Å². The number of aromatic amines is 2. The molecular formula is C17H17N5O3. The lowest BCUT2D eigenvalue weighted by molar-refractivity contribution is -0.128. The largest absolute Gasteiger partial charge is 0.472 e. The van der Waals surface area contributed by atoms with Crippen molar-refractivity contribution in [1.82, 2.24) is 25.1 Å². The minimum atomic E-state index is -0.389. The molecule has 128 valence electrons. The Morgan fingerprint density at radius 3 is 2.92 bits per heavy atom. The van der Waals surface area contributed by atoms with Crippen molar-refractivity contribution in [1.29, 1.82) is 0 Å². The maximum Gasteiger partial charge on any atom is 0.340 e.